The number of rotatable bonds is 3. The van der Waals surface area contributed by atoms with Gasteiger partial charge >= 0.3 is 0 Å². The predicted molar refractivity (Wildman–Crippen MR) is 81.0 cm³/mol. The number of nitrogens with two attached hydrogens (primary N) is 2. The lowest BCUT2D eigenvalue weighted by Gasteiger charge is -2.30. The Balaban J connectivity index is 2.30. The summed E-state index contributed by atoms with van der Waals surface area (Å²) in [6.45, 7) is 4.14. The number of nitrogens with zero attached hydrogens (tertiary/aromatic N) is 1. The smallest absolute Gasteiger partial charge is 0.243 e. The van der Waals surface area contributed by atoms with Crippen molar-refractivity contribution in [2.24, 2.45) is 11.7 Å². The van der Waals surface area contributed by atoms with Crippen LogP contribution in [-0.2, 0) is 14.8 Å². The van der Waals surface area contributed by atoms with Gasteiger partial charge in [-0.1, -0.05) is 0 Å². The maximum Gasteiger partial charge on any atom is 0.243 e. The summed E-state index contributed by atoms with van der Waals surface area (Å²) >= 11 is 0. The Morgan fingerprint density at radius 2 is 1.81 bits per heavy atom. The first kappa shape index (κ1) is 15.8. The van der Waals surface area contributed by atoms with Crippen molar-refractivity contribution < 1.29 is 13.2 Å². The summed E-state index contributed by atoms with van der Waals surface area (Å²) < 4.78 is 26.9. The number of benzene rings is 1. The number of anilines is 1. The lowest BCUT2D eigenvalue weighted by molar-refractivity contribution is -0.122. The van der Waals surface area contributed by atoms with Gasteiger partial charge in [0.25, 0.3) is 0 Å². The van der Waals surface area contributed by atoms with E-state index in [1.807, 2.05) is 6.92 Å². The molecule has 0 bridgehead atoms. The maximum atomic E-state index is 12.7. The fraction of sp³-hybridized carbons (Fsp3) is 0.500. The highest BCUT2D eigenvalue weighted by Crippen LogP contribution is 2.28. The zero-order valence-electron chi connectivity index (χ0n) is 12.3. The van der Waals surface area contributed by atoms with Crippen LogP contribution in [0.1, 0.15) is 24.0 Å². The molecule has 0 aromatic heterocycles. The molecule has 2 rings (SSSR count). The van der Waals surface area contributed by atoms with Crippen LogP contribution in [0, 0.1) is 19.8 Å². The molecule has 0 saturated carbocycles. The number of piperidine rings is 1. The van der Waals surface area contributed by atoms with E-state index >= 15 is 0 Å². The van der Waals surface area contributed by atoms with Gasteiger partial charge in [-0.25, -0.2) is 8.42 Å². The minimum Gasteiger partial charge on any atom is -0.398 e. The molecule has 1 aromatic carbocycles. The third-order valence-corrected chi connectivity index (χ3v) is 6.04. The fourth-order valence-electron chi connectivity index (χ4n) is 2.64. The monoisotopic (exact) mass is 311 g/mol. The first-order chi connectivity index (χ1) is 9.73. The summed E-state index contributed by atoms with van der Waals surface area (Å²) in [5, 5.41) is 0. The van der Waals surface area contributed by atoms with Crippen LogP contribution in [0.3, 0.4) is 0 Å². The van der Waals surface area contributed by atoms with Crippen molar-refractivity contribution >= 4 is 21.6 Å². The summed E-state index contributed by atoms with van der Waals surface area (Å²) in [6.07, 6.45) is 0.934. The number of amides is 1. The molecular weight excluding hydrogens is 290 g/mol. The highest BCUT2D eigenvalue weighted by atomic mass is 32.2. The third-order valence-electron chi connectivity index (χ3n) is 4.02. The Morgan fingerprint density at radius 3 is 2.33 bits per heavy atom. The lowest BCUT2D eigenvalue weighted by Crippen LogP contribution is -2.41. The van der Waals surface area contributed by atoms with E-state index in [0.717, 1.165) is 5.56 Å². The Bertz CT molecular complexity index is 662. The number of aryl methyl sites for hydroxylation is 1. The molecule has 7 heteroatoms. The molecule has 0 spiro atoms. The Morgan fingerprint density at radius 1 is 1.24 bits per heavy atom. The molecule has 1 amide bonds. The zero-order valence-corrected chi connectivity index (χ0v) is 13.1. The molecule has 21 heavy (non-hydrogen) atoms. The van der Waals surface area contributed by atoms with E-state index in [2.05, 4.69) is 0 Å². The van der Waals surface area contributed by atoms with Crippen LogP contribution in [0.15, 0.2) is 17.0 Å². The van der Waals surface area contributed by atoms with E-state index < -0.39 is 10.0 Å². The van der Waals surface area contributed by atoms with Gasteiger partial charge in [0.2, 0.25) is 15.9 Å². The zero-order chi connectivity index (χ0) is 15.8. The number of hydrogen-bond donors (Lipinski definition) is 2. The van der Waals surface area contributed by atoms with Gasteiger partial charge in [0.1, 0.15) is 0 Å². The quantitative estimate of drug-likeness (QED) is 0.804. The molecule has 1 aromatic rings. The molecule has 1 saturated heterocycles. The van der Waals surface area contributed by atoms with Crippen molar-refractivity contribution in [1.82, 2.24) is 4.31 Å². The van der Waals surface area contributed by atoms with Crippen LogP contribution < -0.4 is 11.5 Å². The van der Waals surface area contributed by atoms with Crippen molar-refractivity contribution in [3.63, 3.8) is 0 Å². The summed E-state index contributed by atoms with van der Waals surface area (Å²) in [5.41, 5.74) is 13.0. The van der Waals surface area contributed by atoms with Gasteiger partial charge < -0.3 is 11.5 Å². The van der Waals surface area contributed by atoms with Gasteiger partial charge in [-0.15, -0.1) is 0 Å². The number of carbonyl (C=O) groups excluding carboxylic acids is 1. The Hall–Kier alpha value is -1.60. The second kappa shape index (κ2) is 5.65. The van der Waals surface area contributed by atoms with E-state index in [1.54, 1.807) is 19.1 Å². The van der Waals surface area contributed by atoms with Crippen molar-refractivity contribution in [3.05, 3.63) is 23.3 Å². The Labute approximate surface area is 125 Å². The molecule has 0 atom stereocenters. The van der Waals surface area contributed by atoms with Gasteiger partial charge in [0.15, 0.2) is 0 Å². The van der Waals surface area contributed by atoms with Gasteiger partial charge in [-0.3, -0.25) is 4.79 Å². The maximum absolute atomic E-state index is 12.7. The van der Waals surface area contributed by atoms with E-state index in [-0.39, 0.29) is 16.7 Å². The number of nitrogen functional groups attached to an aromatic ring is 1. The average molecular weight is 311 g/mol. The highest BCUT2D eigenvalue weighted by molar-refractivity contribution is 7.89. The topological polar surface area (TPSA) is 106 Å². The fourth-order valence-corrected chi connectivity index (χ4v) is 4.45. The summed E-state index contributed by atoms with van der Waals surface area (Å²) in [5.74, 6) is -0.594. The standard InChI is InChI=1S/C14H21N3O3S/c1-9-7-12(15)10(2)13(8-9)21(19,20)17-5-3-11(4-6-17)14(16)18/h7-8,11H,3-6,15H2,1-2H3,(H2,16,18). The lowest BCUT2D eigenvalue weighted by atomic mass is 9.98. The average Bonchev–Trinajstić information content (AvgIpc) is 2.42. The van der Waals surface area contributed by atoms with Crippen molar-refractivity contribution in [2.75, 3.05) is 18.8 Å². The van der Waals surface area contributed by atoms with Crippen LogP contribution in [0.5, 0.6) is 0 Å². The van der Waals surface area contributed by atoms with Crippen LogP contribution in [0.4, 0.5) is 5.69 Å². The summed E-state index contributed by atoms with van der Waals surface area (Å²) in [6, 6.07) is 3.40. The van der Waals surface area contributed by atoms with Crippen molar-refractivity contribution in [3.8, 4) is 0 Å². The minimum atomic E-state index is -3.59. The van der Waals surface area contributed by atoms with Crippen LogP contribution >= 0.6 is 0 Å². The first-order valence-electron chi connectivity index (χ1n) is 6.89. The normalized spacial score (nSPS) is 17.8. The molecule has 116 valence electrons. The van der Waals surface area contributed by atoms with Gasteiger partial charge in [0, 0.05) is 24.7 Å². The van der Waals surface area contributed by atoms with Crippen LogP contribution in [-0.4, -0.2) is 31.7 Å². The molecule has 6 nitrogen and oxygen atoms in total. The van der Waals surface area contributed by atoms with Crippen molar-refractivity contribution in [2.45, 2.75) is 31.6 Å². The summed E-state index contributed by atoms with van der Waals surface area (Å²) in [4.78, 5) is 11.4. The van der Waals surface area contributed by atoms with Crippen LogP contribution in [0.25, 0.3) is 0 Å². The largest absolute Gasteiger partial charge is 0.398 e. The van der Waals surface area contributed by atoms with Gasteiger partial charge in [0.05, 0.1) is 4.90 Å². The van der Waals surface area contributed by atoms with E-state index in [0.29, 0.717) is 37.2 Å². The molecule has 1 aliphatic rings. The predicted octanol–water partition coefficient (Wildman–Crippen LogP) is 0.772. The second-order valence-corrected chi connectivity index (χ2v) is 7.46. The molecule has 0 radical (unpaired) electrons. The number of sulfonamides is 1. The summed E-state index contributed by atoms with van der Waals surface area (Å²) in [7, 11) is -3.59. The molecule has 1 fully saturated rings. The Kier molecular flexibility index (Phi) is 4.25. The van der Waals surface area contributed by atoms with Crippen LogP contribution in [0.2, 0.25) is 0 Å². The molecule has 1 aliphatic heterocycles. The highest BCUT2D eigenvalue weighted by Gasteiger charge is 2.32. The first-order valence-corrected chi connectivity index (χ1v) is 8.33. The molecule has 0 aliphatic carbocycles. The van der Waals surface area contributed by atoms with E-state index in [4.69, 9.17) is 11.5 Å². The minimum absolute atomic E-state index is 0.236. The number of primary amides is 1. The molecule has 0 unspecified atom stereocenters. The van der Waals surface area contributed by atoms with Gasteiger partial charge in [-0.2, -0.15) is 4.31 Å². The molecule has 4 N–H and O–H groups in total. The van der Waals surface area contributed by atoms with E-state index in [9.17, 15) is 13.2 Å². The van der Waals surface area contributed by atoms with Gasteiger partial charge in [-0.05, 0) is 49.9 Å². The molecule has 1 heterocycles. The molecular formula is C14H21N3O3S. The number of carbonyl (C=O) groups is 1. The van der Waals surface area contributed by atoms with E-state index in [1.165, 1.54) is 4.31 Å². The second-order valence-electron chi connectivity index (χ2n) is 5.56. The third kappa shape index (κ3) is 3.03. The number of hydrogen-bond acceptors (Lipinski definition) is 4. The van der Waals surface area contributed by atoms with Crippen molar-refractivity contribution in [1.29, 1.82) is 0 Å². The SMILES string of the molecule is Cc1cc(N)c(C)c(S(=O)(=O)N2CCC(C(N)=O)CC2)c1.